The molecule has 1 rings (SSSR count). The monoisotopic (exact) mass is 250 g/mol. The lowest BCUT2D eigenvalue weighted by atomic mass is 10.2. The summed E-state index contributed by atoms with van der Waals surface area (Å²) in [5, 5.41) is 0. The summed E-state index contributed by atoms with van der Waals surface area (Å²) in [7, 11) is 0. The van der Waals surface area contributed by atoms with E-state index in [1.54, 1.807) is 13.8 Å². The first kappa shape index (κ1) is 13.7. The van der Waals surface area contributed by atoms with Crippen molar-refractivity contribution < 1.29 is 17.9 Å². The zero-order valence-electron chi connectivity index (χ0n) is 9.52. The van der Waals surface area contributed by atoms with E-state index in [-0.39, 0.29) is 18.6 Å². The van der Waals surface area contributed by atoms with Crippen LogP contribution in [-0.4, -0.2) is 29.4 Å². The van der Waals surface area contributed by atoms with E-state index in [0.717, 1.165) is 0 Å². The molecule has 4 nitrogen and oxygen atoms in total. The highest BCUT2D eigenvalue weighted by Crippen LogP contribution is 2.14. The number of nitrogens with zero attached hydrogens (tertiary/aromatic N) is 1. The minimum Gasteiger partial charge on any atom is -0.372 e. The first-order valence-corrected chi connectivity index (χ1v) is 5.00. The van der Waals surface area contributed by atoms with Gasteiger partial charge in [-0.05, 0) is 13.8 Å². The van der Waals surface area contributed by atoms with Gasteiger partial charge in [-0.25, -0.2) is 4.98 Å². The van der Waals surface area contributed by atoms with Crippen LogP contribution in [0.2, 0.25) is 0 Å². The highest BCUT2D eigenvalue weighted by molar-refractivity contribution is 5.13. The Morgan fingerprint density at radius 1 is 1.35 bits per heavy atom. The van der Waals surface area contributed by atoms with E-state index in [9.17, 15) is 18.0 Å². The highest BCUT2D eigenvalue weighted by atomic mass is 19.4. The van der Waals surface area contributed by atoms with Crippen LogP contribution in [0.3, 0.4) is 0 Å². The molecule has 0 spiro atoms. The number of hydrogen-bond acceptors (Lipinski definition) is 3. The predicted octanol–water partition coefficient (Wildman–Crippen LogP) is 1.51. The van der Waals surface area contributed by atoms with Gasteiger partial charge in [-0.1, -0.05) is 0 Å². The minimum absolute atomic E-state index is 0.134. The Kier molecular flexibility index (Phi) is 4.28. The maximum absolute atomic E-state index is 11.8. The maximum Gasteiger partial charge on any atom is 0.411 e. The topological polar surface area (TPSA) is 55.0 Å². The van der Waals surface area contributed by atoms with Crippen LogP contribution in [0.5, 0.6) is 0 Å². The van der Waals surface area contributed by atoms with Crippen LogP contribution in [0.25, 0.3) is 0 Å². The average molecular weight is 250 g/mol. The quantitative estimate of drug-likeness (QED) is 0.824. The molecular formula is C10H13F3N2O2. The van der Waals surface area contributed by atoms with Crippen LogP contribution in [0.15, 0.2) is 4.79 Å². The number of aromatic nitrogens is 2. The van der Waals surface area contributed by atoms with E-state index in [2.05, 4.69) is 14.7 Å². The number of rotatable bonds is 4. The van der Waals surface area contributed by atoms with Gasteiger partial charge < -0.3 is 9.72 Å². The largest absolute Gasteiger partial charge is 0.411 e. The van der Waals surface area contributed by atoms with Crippen molar-refractivity contribution in [3.8, 4) is 0 Å². The normalized spacial score (nSPS) is 11.8. The molecule has 0 unspecified atom stereocenters. The Bertz CT molecular complexity index is 440. The molecule has 0 bridgehead atoms. The standard InChI is InChI=1S/C10H13F3N2O2/c1-6-7(2)14-8(15-9(6)16)3-4-17-5-10(11,12)13/h3-5H2,1-2H3,(H,14,15,16). The molecule has 0 atom stereocenters. The van der Waals surface area contributed by atoms with Crippen molar-refractivity contribution in [3.63, 3.8) is 0 Å². The van der Waals surface area contributed by atoms with Crippen molar-refractivity contribution >= 4 is 0 Å². The number of halogens is 3. The molecule has 0 saturated heterocycles. The second kappa shape index (κ2) is 5.31. The summed E-state index contributed by atoms with van der Waals surface area (Å²) in [5.74, 6) is 0.334. The molecule has 1 heterocycles. The molecule has 0 radical (unpaired) electrons. The molecule has 1 aromatic heterocycles. The molecule has 7 heteroatoms. The molecule has 0 aliphatic carbocycles. The first-order valence-electron chi connectivity index (χ1n) is 5.00. The molecule has 0 saturated carbocycles. The molecule has 0 aliphatic rings. The minimum atomic E-state index is -4.33. The molecule has 1 N–H and O–H groups in total. The zero-order valence-corrected chi connectivity index (χ0v) is 9.52. The lowest BCUT2D eigenvalue weighted by Crippen LogP contribution is -2.20. The number of nitrogens with one attached hydrogen (secondary N) is 1. The summed E-state index contributed by atoms with van der Waals surface area (Å²) >= 11 is 0. The van der Waals surface area contributed by atoms with Crippen LogP contribution in [-0.2, 0) is 11.2 Å². The highest BCUT2D eigenvalue weighted by Gasteiger charge is 2.27. The zero-order chi connectivity index (χ0) is 13.1. The van der Waals surface area contributed by atoms with Gasteiger partial charge in [0.05, 0.1) is 6.61 Å². The van der Waals surface area contributed by atoms with Gasteiger partial charge >= 0.3 is 6.18 Å². The van der Waals surface area contributed by atoms with Crippen LogP contribution in [0.4, 0.5) is 13.2 Å². The van der Waals surface area contributed by atoms with Gasteiger partial charge in [-0.3, -0.25) is 4.79 Å². The number of alkyl halides is 3. The molecule has 1 aromatic rings. The van der Waals surface area contributed by atoms with Gasteiger partial charge in [0.25, 0.3) is 5.56 Å². The van der Waals surface area contributed by atoms with E-state index in [0.29, 0.717) is 17.1 Å². The summed E-state index contributed by atoms with van der Waals surface area (Å²) in [6.45, 7) is 1.88. The lowest BCUT2D eigenvalue weighted by Gasteiger charge is -2.07. The first-order chi connectivity index (χ1) is 7.79. The summed E-state index contributed by atoms with van der Waals surface area (Å²) < 4.78 is 39.7. The van der Waals surface area contributed by atoms with Gasteiger partial charge in [0.2, 0.25) is 0 Å². The Morgan fingerprint density at radius 2 is 2.00 bits per heavy atom. The second-order valence-electron chi connectivity index (χ2n) is 3.64. The number of aromatic amines is 1. The number of ether oxygens (including phenoxy) is 1. The van der Waals surface area contributed by atoms with Crippen molar-refractivity contribution in [1.82, 2.24) is 9.97 Å². The van der Waals surface area contributed by atoms with Gasteiger partial charge in [0, 0.05) is 17.7 Å². The van der Waals surface area contributed by atoms with Crippen LogP contribution < -0.4 is 5.56 Å². The molecular weight excluding hydrogens is 237 g/mol. The Balaban J connectivity index is 2.51. The fourth-order valence-electron chi connectivity index (χ4n) is 1.18. The van der Waals surface area contributed by atoms with Gasteiger partial charge in [-0.15, -0.1) is 0 Å². The summed E-state index contributed by atoms with van der Waals surface area (Å²) in [6.07, 6.45) is -4.18. The van der Waals surface area contributed by atoms with E-state index in [1.807, 2.05) is 0 Å². The van der Waals surface area contributed by atoms with Gasteiger partial charge in [-0.2, -0.15) is 13.2 Å². The fraction of sp³-hybridized carbons (Fsp3) is 0.600. The van der Waals surface area contributed by atoms with Crippen LogP contribution in [0.1, 0.15) is 17.1 Å². The van der Waals surface area contributed by atoms with E-state index < -0.39 is 12.8 Å². The third kappa shape index (κ3) is 4.56. The van der Waals surface area contributed by atoms with E-state index in [4.69, 9.17) is 0 Å². The predicted molar refractivity (Wildman–Crippen MR) is 54.9 cm³/mol. The Hall–Kier alpha value is -1.37. The number of H-pyrrole nitrogens is 1. The van der Waals surface area contributed by atoms with Crippen molar-refractivity contribution in [3.05, 3.63) is 27.4 Å². The lowest BCUT2D eigenvalue weighted by molar-refractivity contribution is -0.173. The molecule has 0 aromatic carbocycles. The third-order valence-corrected chi connectivity index (χ3v) is 2.19. The summed E-state index contributed by atoms with van der Waals surface area (Å²) in [4.78, 5) is 17.9. The average Bonchev–Trinajstić information content (AvgIpc) is 2.19. The SMILES string of the molecule is Cc1nc(CCOCC(F)(F)F)[nH]c(=O)c1C. The number of hydrogen-bond donors (Lipinski definition) is 1. The summed E-state index contributed by atoms with van der Waals surface area (Å²) in [6, 6.07) is 0. The number of aryl methyl sites for hydroxylation is 1. The fourth-order valence-corrected chi connectivity index (χ4v) is 1.18. The van der Waals surface area contributed by atoms with Crippen LogP contribution in [0, 0.1) is 13.8 Å². The summed E-state index contributed by atoms with van der Waals surface area (Å²) in [5.41, 5.74) is 0.799. The van der Waals surface area contributed by atoms with Crippen molar-refractivity contribution in [2.75, 3.05) is 13.2 Å². The van der Waals surface area contributed by atoms with Crippen molar-refractivity contribution in [2.45, 2.75) is 26.4 Å². The Morgan fingerprint density at radius 3 is 2.53 bits per heavy atom. The van der Waals surface area contributed by atoms with E-state index >= 15 is 0 Å². The van der Waals surface area contributed by atoms with Crippen molar-refractivity contribution in [2.24, 2.45) is 0 Å². The van der Waals surface area contributed by atoms with E-state index in [1.165, 1.54) is 0 Å². The second-order valence-corrected chi connectivity index (χ2v) is 3.64. The van der Waals surface area contributed by atoms with Gasteiger partial charge in [0.1, 0.15) is 12.4 Å². The third-order valence-electron chi connectivity index (χ3n) is 2.19. The van der Waals surface area contributed by atoms with Crippen LogP contribution >= 0.6 is 0 Å². The molecule has 0 aliphatic heterocycles. The van der Waals surface area contributed by atoms with Crippen molar-refractivity contribution in [1.29, 1.82) is 0 Å². The Labute approximate surface area is 95.8 Å². The molecule has 0 amide bonds. The maximum atomic E-state index is 11.8. The van der Waals surface area contributed by atoms with Gasteiger partial charge in [0.15, 0.2) is 0 Å². The molecule has 0 fully saturated rings. The molecule has 17 heavy (non-hydrogen) atoms. The smallest absolute Gasteiger partial charge is 0.372 e. The molecule has 96 valence electrons.